The second-order valence-corrected chi connectivity index (χ2v) is 5.58. The molecule has 0 amide bonds. The molecule has 0 aliphatic carbocycles. The number of aryl methyl sites for hydroxylation is 3. The van der Waals surface area contributed by atoms with Crippen LogP contribution in [0.2, 0.25) is 0 Å². The molecule has 0 saturated heterocycles. The average Bonchev–Trinajstić information content (AvgIpc) is 2.85. The molecule has 3 rings (SSSR count). The number of nitrogens with two attached hydrogens (primary N) is 2. The molecular formula is C18H23N5O. The molecule has 4 N–H and O–H groups in total. The highest BCUT2D eigenvalue weighted by Crippen LogP contribution is 2.32. The number of rotatable bonds is 2. The van der Waals surface area contributed by atoms with Crippen LogP contribution >= 0.6 is 0 Å². The number of anilines is 1. The molecule has 24 heavy (non-hydrogen) atoms. The van der Waals surface area contributed by atoms with Crippen LogP contribution in [0.4, 0.5) is 5.82 Å². The summed E-state index contributed by atoms with van der Waals surface area (Å²) in [4.78, 5) is 20.2. The first-order valence-electron chi connectivity index (χ1n) is 7.69. The van der Waals surface area contributed by atoms with E-state index in [1.54, 1.807) is 6.20 Å². The molecule has 1 aromatic carbocycles. The summed E-state index contributed by atoms with van der Waals surface area (Å²) in [5, 5.41) is 0.679. The molecule has 0 atom stereocenters. The first-order chi connectivity index (χ1) is 11.5. The highest BCUT2D eigenvalue weighted by molar-refractivity contribution is 6.02. The molecule has 0 fully saturated rings. The second-order valence-electron chi connectivity index (χ2n) is 5.58. The SMILES string of the molecule is CN.Cc1ncc2c(C=O)c(N)n(-c3c(C)ccc(C)c3C)c2n1. The summed E-state index contributed by atoms with van der Waals surface area (Å²) in [6.07, 6.45) is 2.43. The zero-order chi connectivity index (χ0) is 18.0. The van der Waals surface area contributed by atoms with Crippen molar-refractivity contribution in [3.8, 4) is 5.69 Å². The maximum absolute atomic E-state index is 11.5. The fourth-order valence-electron chi connectivity index (χ4n) is 2.82. The van der Waals surface area contributed by atoms with Crippen LogP contribution in [-0.2, 0) is 0 Å². The summed E-state index contributed by atoms with van der Waals surface area (Å²) < 4.78 is 1.87. The fourth-order valence-corrected chi connectivity index (χ4v) is 2.82. The molecule has 0 aliphatic heterocycles. The van der Waals surface area contributed by atoms with E-state index in [0.29, 0.717) is 28.2 Å². The highest BCUT2D eigenvalue weighted by Gasteiger charge is 2.20. The topological polar surface area (TPSA) is 99.8 Å². The largest absolute Gasteiger partial charge is 0.384 e. The molecule has 0 bridgehead atoms. The van der Waals surface area contributed by atoms with Gasteiger partial charge < -0.3 is 11.5 Å². The van der Waals surface area contributed by atoms with E-state index in [4.69, 9.17) is 5.73 Å². The van der Waals surface area contributed by atoms with Crippen LogP contribution in [0.25, 0.3) is 16.7 Å². The number of fused-ring (bicyclic) bond motifs is 1. The Bertz CT molecular complexity index is 912. The summed E-state index contributed by atoms with van der Waals surface area (Å²) in [7, 11) is 1.50. The van der Waals surface area contributed by atoms with Gasteiger partial charge in [0.15, 0.2) is 11.9 Å². The van der Waals surface area contributed by atoms with Crippen molar-refractivity contribution in [3.63, 3.8) is 0 Å². The minimum absolute atomic E-state index is 0.404. The third kappa shape index (κ3) is 2.65. The van der Waals surface area contributed by atoms with E-state index in [1.165, 1.54) is 12.6 Å². The summed E-state index contributed by atoms with van der Waals surface area (Å²) in [6, 6.07) is 4.13. The molecule has 6 nitrogen and oxygen atoms in total. The third-order valence-corrected chi connectivity index (χ3v) is 4.15. The monoisotopic (exact) mass is 325 g/mol. The van der Waals surface area contributed by atoms with Crippen molar-refractivity contribution in [3.05, 3.63) is 46.4 Å². The number of nitrogen functional groups attached to an aromatic ring is 1. The second kappa shape index (κ2) is 6.80. The van der Waals surface area contributed by atoms with Crippen LogP contribution in [-0.4, -0.2) is 27.9 Å². The number of nitrogens with zero attached hydrogens (tertiary/aromatic N) is 3. The van der Waals surface area contributed by atoms with E-state index in [9.17, 15) is 4.79 Å². The number of benzene rings is 1. The first-order valence-corrected chi connectivity index (χ1v) is 7.69. The Morgan fingerprint density at radius 1 is 1.08 bits per heavy atom. The van der Waals surface area contributed by atoms with Gasteiger partial charge in [0.2, 0.25) is 0 Å². The number of carbonyl (C=O) groups is 1. The van der Waals surface area contributed by atoms with E-state index in [2.05, 4.69) is 41.7 Å². The quantitative estimate of drug-likeness (QED) is 0.706. The van der Waals surface area contributed by atoms with Gasteiger partial charge in [-0.2, -0.15) is 0 Å². The van der Waals surface area contributed by atoms with Crippen molar-refractivity contribution in [2.24, 2.45) is 5.73 Å². The molecule has 2 heterocycles. The van der Waals surface area contributed by atoms with Crippen LogP contribution in [0, 0.1) is 27.7 Å². The lowest BCUT2D eigenvalue weighted by atomic mass is 10.0. The Morgan fingerprint density at radius 3 is 2.33 bits per heavy atom. The molecule has 2 aromatic heterocycles. The number of aromatic nitrogens is 3. The zero-order valence-electron chi connectivity index (χ0n) is 14.7. The van der Waals surface area contributed by atoms with Gasteiger partial charge in [-0.05, 0) is 51.4 Å². The Hall–Kier alpha value is -2.73. The predicted molar refractivity (Wildman–Crippen MR) is 97.7 cm³/mol. The number of hydrogen-bond acceptors (Lipinski definition) is 5. The Morgan fingerprint density at radius 2 is 1.71 bits per heavy atom. The summed E-state index contributed by atoms with van der Waals surface area (Å²) in [5.74, 6) is 1.05. The van der Waals surface area contributed by atoms with Gasteiger partial charge in [-0.1, -0.05) is 12.1 Å². The minimum Gasteiger partial charge on any atom is -0.384 e. The van der Waals surface area contributed by atoms with Crippen molar-refractivity contribution in [1.29, 1.82) is 0 Å². The minimum atomic E-state index is 0.404. The van der Waals surface area contributed by atoms with Crippen LogP contribution in [0.3, 0.4) is 0 Å². The number of carbonyl (C=O) groups excluding carboxylic acids is 1. The van der Waals surface area contributed by atoms with E-state index >= 15 is 0 Å². The fraction of sp³-hybridized carbons (Fsp3) is 0.278. The maximum atomic E-state index is 11.5. The molecule has 0 aliphatic rings. The Labute approximate surface area is 141 Å². The summed E-state index contributed by atoms with van der Waals surface area (Å²) >= 11 is 0. The van der Waals surface area contributed by atoms with Gasteiger partial charge >= 0.3 is 0 Å². The van der Waals surface area contributed by atoms with Crippen molar-refractivity contribution >= 4 is 23.1 Å². The smallest absolute Gasteiger partial charge is 0.154 e. The van der Waals surface area contributed by atoms with E-state index < -0.39 is 0 Å². The molecule has 0 radical (unpaired) electrons. The molecule has 126 valence electrons. The van der Waals surface area contributed by atoms with Crippen LogP contribution in [0.5, 0.6) is 0 Å². The van der Waals surface area contributed by atoms with Gasteiger partial charge in [-0.3, -0.25) is 9.36 Å². The lowest BCUT2D eigenvalue weighted by Crippen LogP contribution is -2.07. The van der Waals surface area contributed by atoms with Gasteiger partial charge in [0, 0.05) is 6.20 Å². The van der Waals surface area contributed by atoms with Crippen molar-refractivity contribution in [2.45, 2.75) is 27.7 Å². The number of hydrogen-bond donors (Lipinski definition) is 2. The lowest BCUT2D eigenvalue weighted by Gasteiger charge is -2.16. The zero-order valence-corrected chi connectivity index (χ0v) is 14.7. The van der Waals surface area contributed by atoms with E-state index in [1.807, 2.05) is 18.4 Å². The summed E-state index contributed by atoms with van der Waals surface area (Å²) in [6.45, 7) is 7.96. The molecule has 0 saturated carbocycles. The van der Waals surface area contributed by atoms with Gasteiger partial charge in [-0.25, -0.2) is 9.97 Å². The van der Waals surface area contributed by atoms with Crippen molar-refractivity contribution in [2.75, 3.05) is 12.8 Å². The average molecular weight is 325 g/mol. The highest BCUT2D eigenvalue weighted by atomic mass is 16.1. The third-order valence-electron chi connectivity index (χ3n) is 4.15. The van der Waals surface area contributed by atoms with Gasteiger partial charge in [0.1, 0.15) is 11.6 Å². The Balaban J connectivity index is 0.00000100. The molecular weight excluding hydrogens is 302 g/mol. The molecule has 0 spiro atoms. The predicted octanol–water partition coefficient (Wildman–Crippen LogP) is 2.62. The van der Waals surface area contributed by atoms with E-state index in [-0.39, 0.29) is 0 Å². The molecule has 0 unspecified atom stereocenters. The van der Waals surface area contributed by atoms with Crippen LogP contribution < -0.4 is 11.5 Å². The van der Waals surface area contributed by atoms with Crippen molar-refractivity contribution < 1.29 is 4.79 Å². The molecule has 6 heteroatoms. The van der Waals surface area contributed by atoms with Crippen LogP contribution in [0.15, 0.2) is 18.3 Å². The van der Waals surface area contributed by atoms with Gasteiger partial charge in [-0.15, -0.1) is 0 Å². The lowest BCUT2D eigenvalue weighted by molar-refractivity contribution is 0.112. The van der Waals surface area contributed by atoms with Gasteiger partial charge in [0.05, 0.1) is 16.6 Å². The standard InChI is InChI=1S/C17H18N4O.CH5N/c1-9-5-6-10(2)15(11(9)3)21-16(18)14(8-22)13-7-19-12(4)20-17(13)21;1-2/h5-8H,18H2,1-4H3;2H2,1H3. The first kappa shape index (κ1) is 17.6. The van der Waals surface area contributed by atoms with Gasteiger partial charge in [0.25, 0.3) is 0 Å². The van der Waals surface area contributed by atoms with E-state index in [0.717, 1.165) is 23.1 Å². The summed E-state index contributed by atoms with van der Waals surface area (Å²) in [5.41, 5.74) is 16.2. The maximum Gasteiger partial charge on any atom is 0.154 e. The van der Waals surface area contributed by atoms with Crippen molar-refractivity contribution in [1.82, 2.24) is 14.5 Å². The molecule has 3 aromatic rings. The normalized spacial score (nSPS) is 10.4. The van der Waals surface area contributed by atoms with Crippen LogP contribution in [0.1, 0.15) is 32.9 Å². The Kier molecular flexibility index (Phi) is 4.99. The number of aldehydes is 1.